The van der Waals surface area contributed by atoms with E-state index in [1.807, 2.05) is 0 Å². The molecule has 0 aromatic heterocycles. The number of carboxylic acid groups (broad SMARTS) is 1. The second kappa shape index (κ2) is 11.4. The van der Waals surface area contributed by atoms with Gasteiger partial charge in [-0.05, 0) is 12.8 Å². The number of hydrogen-bond donors (Lipinski definition) is 7. The van der Waals surface area contributed by atoms with Crippen LogP contribution >= 0.6 is 0 Å². The molecule has 0 saturated carbocycles. The topological polar surface area (TPSA) is 251 Å². The summed E-state index contributed by atoms with van der Waals surface area (Å²) < 4.78 is 0. The lowest BCUT2D eigenvalue weighted by Gasteiger charge is -2.22. The molecular weight excluding hydrogens is 364 g/mol. The maximum Gasteiger partial charge on any atom is 0.326 e. The summed E-state index contributed by atoms with van der Waals surface area (Å²) in [5.41, 5.74) is 20.5. The normalized spacial score (nSPS) is 13.7. The van der Waals surface area contributed by atoms with Crippen LogP contribution in [0.3, 0.4) is 0 Å². The molecule has 0 aliphatic rings. The van der Waals surface area contributed by atoms with E-state index in [2.05, 4.69) is 10.6 Å². The Balaban J connectivity index is 5.03. The SMILES string of the molecule is NC(=O)CC[C@H](NC(=O)[C@H](CC(N)=O)NC(=O)[C@@H](N)CCC(N)=O)C(=O)O. The number of primary amides is 3. The lowest BCUT2D eigenvalue weighted by molar-refractivity contribution is -0.142. The Bertz CT molecular complexity index is 609. The number of carboxylic acids is 1. The number of aliphatic carboxylic acids is 1. The smallest absolute Gasteiger partial charge is 0.326 e. The molecule has 0 radical (unpaired) electrons. The van der Waals surface area contributed by atoms with Gasteiger partial charge < -0.3 is 38.7 Å². The van der Waals surface area contributed by atoms with E-state index in [4.69, 9.17) is 28.0 Å². The highest BCUT2D eigenvalue weighted by molar-refractivity contribution is 5.94. The van der Waals surface area contributed by atoms with Crippen molar-refractivity contribution in [3.05, 3.63) is 0 Å². The maximum atomic E-state index is 12.2. The zero-order chi connectivity index (χ0) is 21.1. The van der Waals surface area contributed by atoms with Gasteiger partial charge in [0, 0.05) is 12.8 Å². The van der Waals surface area contributed by atoms with Crippen molar-refractivity contribution >= 4 is 35.5 Å². The Morgan fingerprint density at radius 1 is 0.741 bits per heavy atom. The van der Waals surface area contributed by atoms with E-state index < -0.39 is 60.1 Å². The molecule has 3 atom stereocenters. The highest BCUT2D eigenvalue weighted by Crippen LogP contribution is 2.02. The fraction of sp³-hybridized carbons (Fsp3) is 0.571. The van der Waals surface area contributed by atoms with E-state index in [1.54, 1.807) is 0 Å². The van der Waals surface area contributed by atoms with Gasteiger partial charge in [-0.3, -0.25) is 24.0 Å². The summed E-state index contributed by atoms with van der Waals surface area (Å²) in [7, 11) is 0. The molecule has 152 valence electrons. The summed E-state index contributed by atoms with van der Waals surface area (Å²) in [6, 6.07) is -4.16. The van der Waals surface area contributed by atoms with Crippen LogP contribution in [0.5, 0.6) is 0 Å². The van der Waals surface area contributed by atoms with Gasteiger partial charge in [-0.15, -0.1) is 0 Å². The van der Waals surface area contributed by atoms with E-state index in [9.17, 15) is 28.8 Å². The van der Waals surface area contributed by atoms with Gasteiger partial charge in [-0.25, -0.2) is 4.79 Å². The summed E-state index contributed by atoms with van der Waals surface area (Å²) in [5.74, 6) is -5.69. The van der Waals surface area contributed by atoms with Crippen molar-refractivity contribution in [1.29, 1.82) is 0 Å². The molecule has 0 aromatic carbocycles. The van der Waals surface area contributed by atoms with E-state index in [1.165, 1.54) is 0 Å². The molecule has 0 aromatic rings. The first-order valence-corrected chi connectivity index (χ1v) is 7.88. The van der Waals surface area contributed by atoms with Crippen LogP contribution in [-0.4, -0.2) is 58.7 Å². The third-order valence-corrected chi connectivity index (χ3v) is 3.37. The average Bonchev–Trinajstić information content (AvgIpc) is 2.54. The molecule has 13 nitrogen and oxygen atoms in total. The lowest BCUT2D eigenvalue weighted by atomic mass is 10.1. The van der Waals surface area contributed by atoms with Gasteiger partial charge in [-0.1, -0.05) is 0 Å². The summed E-state index contributed by atoms with van der Waals surface area (Å²) >= 11 is 0. The van der Waals surface area contributed by atoms with Crippen LogP contribution < -0.4 is 33.6 Å². The predicted octanol–water partition coefficient (Wildman–Crippen LogP) is -4.23. The van der Waals surface area contributed by atoms with Gasteiger partial charge in [0.25, 0.3) is 0 Å². The molecule has 11 N–H and O–H groups in total. The minimum Gasteiger partial charge on any atom is -0.480 e. The van der Waals surface area contributed by atoms with Crippen molar-refractivity contribution in [3.8, 4) is 0 Å². The van der Waals surface area contributed by atoms with Crippen LogP contribution in [0.4, 0.5) is 0 Å². The lowest BCUT2D eigenvalue weighted by Crippen LogP contribution is -2.55. The molecule has 0 heterocycles. The summed E-state index contributed by atoms with van der Waals surface area (Å²) in [6.45, 7) is 0. The minimum absolute atomic E-state index is 0.0948. The number of carbonyl (C=O) groups excluding carboxylic acids is 5. The van der Waals surface area contributed by atoms with Crippen molar-refractivity contribution in [3.63, 3.8) is 0 Å². The first kappa shape index (κ1) is 23.8. The van der Waals surface area contributed by atoms with E-state index in [0.29, 0.717) is 0 Å². The summed E-state index contributed by atoms with van der Waals surface area (Å²) in [6.07, 6.45) is -1.48. The Kier molecular flexibility index (Phi) is 10.0. The summed E-state index contributed by atoms with van der Waals surface area (Å²) in [5, 5.41) is 13.3. The standard InChI is InChI=1S/C14H24N6O7/c15-6(1-3-9(16)21)12(24)20-8(5-11(18)23)13(25)19-7(14(26)27)2-4-10(17)22/h6-8H,1-5,15H2,(H2,16,21)(H2,17,22)(H2,18,23)(H,19,25)(H,20,24)(H,26,27)/t6-,7-,8-/m0/s1. The van der Waals surface area contributed by atoms with Crippen molar-refractivity contribution in [1.82, 2.24) is 10.6 Å². The average molecular weight is 388 g/mol. The molecule has 5 amide bonds. The molecule has 0 rings (SSSR count). The molecule has 0 aliphatic heterocycles. The van der Waals surface area contributed by atoms with E-state index in [0.717, 1.165) is 0 Å². The molecule has 0 fully saturated rings. The monoisotopic (exact) mass is 388 g/mol. The van der Waals surface area contributed by atoms with Crippen LogP contribution in [0.2, 0.25) is 0 Å². The maximum absolute atomic E-state index is 12.2. The van der Waals surface area contributed by atoms with Crippen LogP contribution in [0.15, 0.2) is 0 Å². The third-order valence-electron chi connectivity index (χ3n) is 3.37. The van der Waals surface area contributed by atoms with Crippen molar-refractivity contribution < 1.29 is 33.9 Å². The van der Waals surface area contributed by atoms with Gasteiger partial charge in [-0.2, -0.15) is 0 Å². The zero-order valence-corrected chi connectivity index (χ0v) is 14.5. The molecule has 0 bridgehead atoms. The Morgan fingerprint density at radius 3 is 1.67 bits per heavy atom. The largest absolute Gasteiger partial charge is 0.480 e. The number of nitrogens with one attached hydrogen (secondary N) is 2. The first-order chi connectivity index (χ1) is 12.4. The fourth-order valence-electron chi connectivity index (χ4n) is 1.93. The molecule has 27 heavy (non-hydrogen) atoms. The molecule has 13 heteroatoms. The van der Waals surface area contributed by atoms with Crippen LogP contribution in [0.25, 0.3) is 0 Å². The number of amides is 5. The van der Waals surface area contributed by atoms with E-state index in [-0.39, 0.29) is 25.7 Å². The second-order valence-electron chi connectivity index (χ2n) is 5.75. The fourth-order valence-corrected chi connectivity index (χ4v) is 1.93. The molecule has 0 aliphatic carbocycles. The van der Waals surface area contributed by atoms with Gasteiger partial charge >= 0.3 is 5.97 Å². The van der Waals surface area contributed by atoms with Crippen LogP contribution in [0, 0.1) is 0 Å². The van der Waals surface area contributed by atoms with E-state index >= 15 is 0 Å². The third kappa shape index (κ3) is 10.4. The Morgan fingerprint density at radius 2 is 1.22 bits per heavy atom. The molecule has 0 unspecified atom stereocenters. The number of nitrogens with two attached hydrogens (primary N) is 4. The van der Waals surface area contributed by atoms with Gasteiger partial charge in [0.1, 0.15) is 12.1 Å². The molecule has 0 saturated heterocycles. The molecular formula is C14H24N6O7. The van der Waals surface area contributed by atoms with Gasteiger partial charge in [0.05, 0.1) is 12.5 Å². The van der Waals surface area contributed by atoms with Gasteiger partial charge in [0.2, 0.25) is 29.5 Å². The quantitative estimate of drug-likeness (QED) is 0.162. The zero-order valence-electron chi connectivity index (χ0n) is 14.5. The van der Waals surface area contributed by atoms with Crippen LogP contribution in [0.1, 0.15) is 32.1 Å². The highest BCUT2D eigenvalue weighted by atomic mass is 16.4. The minimum atomic E-state index is -1.50. The number of rotatable bonds is 13. The highest BCUT2D eigenvalue weighted by Gasteiger charge is 2.29. The van der Waals surface area contributed by atoms with Crippen molar-refractivity contribution in [2.45, 2.75) is 50.2 Å². The van der Waals surface area contributed by atoms with Crippen molar-refractivity contribution in [2.24, 2.45) is 22.9 Å². The Hall–Kier alpha value is -3.22. The predicted molar refractivity (Wildman–Crippen MR) is 90.1 cm³/mol. The molecule has 0 spiro atoms. The first-order valence-electron chi connectivity index (χ1n) is 7.88. The summed E-state index contributed by atoms with van der Waals surface area (Å²) in [4.78, 5) is 68.0. The van der Waals surface area contributed by atoms with Gasteiger partial charge in [0.15, 0.2) is 0 Å². The Labute approximate surface area is 154 Å². The number of hydrogen-bond acceptors (Lipinski definition) is 7. The second-order valence-corrected chi connectivity index (χ2v) is 5.75. The van der Waals surface area contributed by atoms with Crippen LogP contribution in [-0.2, 0) is 28.8 Å². The number of carbonyl (C=O) groups is 6. The van der Waals surface area contributed by atoms with Crippen molar-refractivity contribution in [2.75, 3.05) is 0 Å².